The lowest BCUT2D eigenvalue weighted by Gasteiger charge is -2.31. The highest BCUT2D eigenvalue weighted by Crippen LogP contribution is 2.18. The zero-order chi connectivity index (χ0) is 18.9. The van der Waals surface area contributed by atoms with Gasteiger partial charge in [0, 0.05) is 19.6 Å². The van der Waals surface area contributed by atoms with Crippen molar-refractivity contribution >= 4 is 30.2 Å². The van der Waals surface area contributed by atoms with Crippen LogP contribution in [0.4, 0.5) is 0 Å². The minimum absolute atomic E-state index is 0. The first-order valence-corrected chi connectivity index (χ1v) is 9.30. The first kappa shape index (κ1) is 23.4. The highest BCUT2D eigenvalue weighted by atomic mass is 35.5. The molecule has 2 amide bonds. The van der Waals surface area contributed by atoms with Crippen LogP contribution in [0.2, 0.25) is 0 Å². The van der Waals surface area contributed by atoms with E-state index in [0.29, 0.717) is 25.4 Å². The van der Waals surface area contributed by atoms with Crippen molar-refractivity contribution < 1.29 is 24.6 Å². The van der Waals surface area contributed by atoms with Gasteiger partial charge in [0.25, 0.3) is 0 Å². The normalized spacial score (nSPS) is 22.1. The lowest BCUT2D eigenvalue weighted by atomic mass is 9.96. The number of nitrogens with one attached hydrogen (secondary N) is 2. The molecule has 2 fully saturated rings. The zero-order valence-electron chi connectivity index (χ0n) is 15.4. The molecule has 2 aliphatic rings. The number of aliphatic carboxylic acids is 1. The molecule has 0 aromatic carbocycles. The van der Waals surface area contributed by atoms with Crippen molar-refractivity contribution in [3.63, 3.8) is 0 Å². The molecule has 0 aromatic heterocycles. The number of hydrogen-bond acceptors (Lipinski definition) is 5. The number of aliphatic hydroxyl groups excluding tert-OH is 1. The standard InChI is InChI=1S/C18H29N3O5.ClH/c22-12-15(18(25)26)10-20-17(24)14-2-1-9-21(11-14)16(23)4-3-13-5-7-19-8-6-13;/h3-4,13-15,19,22H,1-2,5-12H2,(H,20,24)(H,25,26);1H/b4-3+;/t14-,15?;/m1./s1. The second-order valence-electron chi connectivity index (χ2n) is 7.03. The maximum atomic E-state index is 12.4. The van der Waals surface area contributed by atoms with E-state index in [1.807, 2.05) is 6.08 Å². The molecule has 2 atom stereocenters. The van der Waals surface area contributed by atoms with Crippen molar-refractivity contribution in [2.45, 2.75) is 25.7 Å². The summed E-state index contributed by atoms with van der Waals surface area (Å²) in [5.74, 6) is -2.39. The fourth-order valence-electron chi connectivity index (χ4n) is 3.35. The Morgan fingerprint density at radius 3 is 2.56 bits per heavy atom. The molecule has 0 bridgehead atoms. The van der Waals surface area contributed by atoms with Crippen LogP contribution in [0.3, 0.4) is 0 Å². The van der Waals surface area contributed by atoms with E-state index in [4.69, 9.17) is 10.2 Å². The summed E-state index contributed by atoms with van der Waals surface area (Å²) < 4.78 is 0. The number of carboxylic acid groups (broad SMARTS) is 1. The largest absolute Gasteiger partial charge is 0.481 e. The van der Waals surface area contributed by atoms with Gasteiger partial charge < -0.3 is 25.7 Å². The van der Waals surface area contributed by atoms with Gasteiger partial charge in [-0.1, -0.05) is 6.08 Å². The van der Waals surface area contributed by atoms with Crippen molar-refractivity contribution in [1.29, 1.82) is 0 Å². The third kappa shape index (κ3) is 7.48. The molecular formula is C18H30ClN3O5. The summed E-state index contributed by atoms with van der Waals surface area (Å²) in [7, 11) is 0. The van der Waals surface area contributed by atoms with E-state index in [2.05, 4.69) is 10.6 Å². The summed E-state index contributed by atoms with van der Waals surface area (Å²) in [5.41, 5.74) is 0. The second kappa shape index (κ2) is 11.9. The molecule has 0 aliphatic carbocycles. The van der Waals surface area contributed by atoms with Crippen LogP contribution in [0.25, 0.3) is 0 Å². The van der Waals surface area contributed by atoms with Gasteiger partial charge in [0.05, 0.1) is 18.4 Å². The lowest BCUT2D eigenvalue weighted by Crippen LogP contribution is -2.46. The van der Waals surface area contributed by atoms with Crippen LogP contribution in [0.5, 0.6) is 0 Å². The molecule has 2 saturated heterocycles. The molecule has 4 N–H and O–H groups in total. The molecule has 0 radical (unpaired) electrons. The number of rotatable bonds is 7. The highest BCUT2D eigenvalue weighted by Gasteiger charge is 2.28. The van der Waals surface area contributed by atoms with Crippen LogP contribution >= 0.6 is 12.4 Å². The van der Waals surface area contributed by atoms with E-state index in [1.54, 1.807) is 11.0 Å². The maximum absolute atomic E-state index is 12.4. The van der Waals surface area contributed by atoms with Gasteiger partial charge in [-0.25, -0.2) is 0 Å². The van der Waals surface area contributed by atoms with Gasteiger partial charge >= 0.3 is 5.97 Å². The third-order valence-corrected chi connectivity index (χ3v) is 5.09. The van der Waals surface area contributed by atoms with E-state index in [9.17, 15) is 14.4 Å². The number of carboxylic acids is 1. The number of nitrogens with zero attached hydrogens (tertiary/aromatic N) is 1. The van der Waals surface area contributed by atoms with Crippen LogP contribution < -0.4 is 10.6 Å². The summed E-state index contributed by atoms with van der Waals surface area (Å²) in [6.45, 7) is 2.30. The van der Waals surface area contributed by atoms with Crippen molar-refractivity contribution in [1.82, 2.24) is 15.5 Å². The quantitative estimate of drug-likeness (QED) is 0.445. The van der Waals surface area contributed by atoms with E-state index in [1.165, 1.54) is 0 Å². The summed E-state index contributed by atoms with van der Waals surface area (Å²) >= 11 is 0. The van der Waals surface area contributed by atoms with Crippen molar-refractivity contribution in [3.05, 3.63) is 12.2 Å². The minimum atomic E-state index is -1.14. The Morgan fingerprint density at radius 1 is 1.22 bits per heavy atom. The molecule has 0 spiro atoms. The molecule has 0 aromatic rings. The number of carbonyl (C=O) groups is 3. The van der Waals surface area contributed by atoms with E-state index in [0.717, 1.165) is 32.4 Å². The summed E-state index contributed by atoms with van der Waals surface area (Å²) in [4.78, 5) is 37.2. The number of halogens is 1. The van der Waals surface area contributed by atoms with Crippen LogP contribution in [0.15, 0.2) is 12.2 Å². The number of likely N-dealkylation sites (tertiary alicyclic amines) is 1. The minimum Gasteiger partial charge on any atom is -0.481 e. The van der Waals surface area contributed by atoms with Gasteiger partial charge in [0.15, 0.2) is 0 Å². The van der Waals surface area contributed by atoms with E-state index < -0.39 is 18.5 Å². The lowest BCUT2D eigenvalue weighted by molar-refractivity contribution is -0.143. The summed E-state index contributed by atoms with van der Waals surface area (Å²) in [6, 6.07) is 0. The molecule has 2 heterocycles. The predicted octanol–water partition coefficient (Wildman–Crippen LogP) is 0.0119. The Bertz CT molecular complexity index is 537. The number of piperidine rings is 2. The van der Waals surface area contributed by atoms with Gasteiger partial charge in [0.1, 0.15) is 0 Å². The smallest absolute Gasteiger partial charge is 0.310 e. The van der Waals surface area contributed by atoms with Crippen molar-refractivity contribution in [2.24, 2.45) is 17.8 Å². The molecule has 154 valence electrons. The second-order valence-corrected chi connectivity index (χ2v) is 7.03. The van der Waals surface area contributed by atoms with Crippen LogP contribution in [0, 0.1) is 17.8 Å². The average molecular weight is 404 g/mol. The Balaban J connectivity index is 0.00000364. The van der Waals surface area contributed by atoms with Gasteiger partial charge in [-0.2, -0.15) is 0 Å². The van der Waals surface area contributed by atoms with Gasteiger partial charge in [-0.15, -0.1) is 12.4 Å². The van der Waals surface area contributed by atoms with Crippen LogP contribution in [0.1, 0.15) is 25.7 Å². The third-order valence-electron chi connectivity index (χ3n) is 5.09. The highest BCUT2D eigenvalue weighted by molar-refractivity contribution is 5.88. The van der Waals surface area contributed by atoms with E-state index >= 15 is 0 Å². The fraction of sp³-hybridized carbons (Fsp3) is 0.722. The van der Waals surface area contributed by atoms with Crippen LogP contribution in [-0.4, -0.2) is 72.2 Å². The fourth-order valence-corrected chi connectivity index (χ4v) is 3.35. The molecule has 8 nitrogen and oxygen atoms in total. The molecular weight excluding hydrogens is 374 g/mol. The van der Waals surface area contributed by atoms with Crippen LogP contribution in [-0.2, 0) is 14.4 Å². The topological polar surface area (TPSA) is 119 Å². The van der Waals surface area contributed by atoms with Gasteiger partial charge in [0.2, 0.25) is 11.8 Å². The monoisotopic (exact) mass is 403 g/mol. The number of amides is 2. The summed E-state index contributed by atoms with van der Waals surface area (Å²) in [6.07, 6.45) is 7.08. The Hall–Kier alpha value is -1.64. The van der Waals surface area contributed by atoms with Gasteiger partial charge in [-0.05, 0) is 50.8 Å². The molecule has 27 heavy (non-hydrogen) atoms. The first-order chi connectivity index (χ1) is 12.5. The number of allylic oxidation sites excluding steroid dienone is 1. The average Bonchev–Trinajstić information content (AvgIpc) is 2.67. The van der Waals surface area contributed by atoms with Gasteiger partial charge in [-0.3, -0.25) is 14.4 Å². The summed E-state index contributed by atoms with van der Waals surface area (Å²) in [5, 5.41) is 23.8. The molecule has 2 rings (SSSR count). The predicted molar refractivity (Wildman–Crippen MR) is 103 cm³/mol. The molecule has 2 aliphatic heterocycles. The SMILES string of the molecule is Cl.O=C(O)C(CO)CNC(=O)[C@@H]1CCCN(C(=O)/C=C/C2CCNCC2)C1. The van der Waals surface area contributed by atoms with E-state index in [-0.39, 0.29) is 36.7 Å². The Morgan fingerprint density at radius 2 is 1.93 bits per heavy atom. The molecule has 0 saturated carbocycles. The Labute approximate surface area is 165 Å². The molecule has 1 unspecified atom stereocenters. The van der Waals surface area contributed by atoms with Crippen molar-refractivity contribution in [3.8, 4) is 0 Å². The maximum Gasteiger partial charge on any atom is 0.310 e. The number of carbonyl (C=O) groups excluding carboxylic acids is 2. The molecule has 9 heteroatoms. The number of hydrogen-bond donors (Lipinski definition) is 4. The number of aliphatic hydroxyl groups is 1. The van der Waals surface area contributed by atoms with Crippen molar-refractivity contribution in [2.75, 3.05) is 39.3 Å². The zero-order valence-corrected chi connectivity index (χ0v) is 16.2. The Kier molecular flexibility index (Phi) is 10.4. The first-order valence-electron chi connectivity index (χ1n) is 9.30.